The molecule has 1 amide bonds. The number of thiophene rings is 1. The first-order valence-electron chi connectivity index (χ1n) is 7.66. The van der Waals surface area contributed by atoms with Gasteiger partial charge in [-0.2, -0.15) is 0 Å². The number of amides is 1. The minimum Gasteiger partial charge on any atom is -0.390 e. The van der Waals surface area contributed by atoms with Crippen molar-refractivity contribution in [3.8, 4) is 0 Å². The smallest absolute Gasteiger partial charge is 0.217 e. The monoisotopic (exact) mass is 320 g/mol. The van der Waals surface area contributed by atoms with E-state index in [1.165, 1.54) is 11.3 Å². The van der Waals surface area contributed by atoms with E-state index in [2.05, 4.69) is 0 Å². The Kier molecular flexibility index (Phi) is 3.80. The Morgan fingerprint density at radius 3 is 2.73 bits per heavy atom. The van der Waals surface area contributed by atoms with E-state index in [9.17, 15) is 14.4 Å². The number of hydrogen-bond acceptors (Lipinski definition) is 5. The van der Waals surface area contributed by atoms with Crippen molar-refractivity contribution < 1.29 is 14.4 Å². The Hall–Kier alpha value is -1.69. The SMILES string of the molecule is NC(=O)CCC1(CC2CC2)CCc2c(sc(N)c2C=O)C1=O. The predicted molar refractivity (Wildman–Crippen MR) is 85.0 cm³/mol. The zero-order chi connectivity index (χ0) is 15.9. The van der Waals surface area contributed by atoms with Crippen LogP contribution < -0.4 is 11.5 Å². The van der Waals surface area contributed by atoms with Crippen LogP contribution in [0.15, 0.2) is 0 Å². The zero-order valence-corrected chi connectivity index (χ0v) is 13.2. The van der Waals surface area contributed by atoms with Gasteiger partial charge in [0.15, 0.2) is 12.1 Å². The first-order valence-corrected chi connectivity index (χ1v) is 8.48. The fraction of sp³-hybridized carbons (Fsp3) is 0.562. The van der Waals surface area contributed by atoms with Gasteiger partial charge in [-0.05, 0) is 37.2 Å². The van der Waals surface area contributed by atoms with Crippen molar-refractivity contribution >= 4 is 34.3 Å². The molecule has 118 valence electrons. The molecule has 2 aliphatic rings. The van der Waals surface area contributed by atoms with Gasteiger partial charge in [0.2, 0.25) is 5.91 Å². The van der Waals surface area contributed by atoms with Crippen molar-refractivity contribution in [3.05, 3.63) is 16.0 Å². The topological polar surface area (TPSA) is 103 Å². The van der Waals surface area contributed by atoms with Crippen molar-refractivity contribution in [3.63, 3.8) is 0 Å². The molecule has 0 saturated heterocycles. The molecule has 0 spiro atoms. The van der Waals surface area contributed by atoms with Crippen LogP contribution in [0.3, 0.4) is 0 Å². The summed E-state index contributed by atoms with van der Waals surface area (Å²) in [5.41, 5.74) is 11.9. The average molecular weight is 320 g/mol. The molecule has 1 unspecified atom stereocenters. The molecule has 2 aliphatic carbocycles. The summed E-state index contributed by atoms with van der Waals surface area (Å²) in [6, 6.07) is 0. The first-order chi connectivity index (χ1) is 10.5. The van der Waals surface area contributed by atoms with Gasteiger partial charge in [-0.1, -0.05) is 12.8 Å². The molecule has 1 saturated carbocycles. The maximum absolute atomic E-state index is 13.1. The summed E-state index contributed by atoms with van der Waals surface area (Å²) in [5.74, 6) is 0.279. The van der Waals surface area contributed by atoms with Gasteiger partial charge in [0.05, 0.1) is 15.4 Å². The lowest BCUT2D eigenvalue weighted by Crippen LogP contribution is -2.37. The number of carbonyl (C=O) groups excluding carboxylic acids is 3. The van der Waals surface area contributed by atoms with Gasteiger partial charge in [-0.15, -0.1) is 11.3 Å². The summed E-state index contributed by atoms with van der Waals surface area (Å²) in [6.45, 7) is 0. The van der Waals surface area contributed by atoms with E-state index in [0.717, 1.165) is 31.1 Å². The molecule has 0 aromatic carbocycles. The van der Waals surface area contributed by atoms with E-state index in [4.69, 9.17) is 11.5 Å². The molecule has 1 heterocycles. The quantitative estimate of drug-likeness (QED) is 0.785. The molecule has 0 aliphatic heterocycles. The van der Waals surface area contributed by atoms with E-state index >= 15 is 0 Å². The van der Waals surface area contributed by atoms with Crippen LogP contribution in [0.2, 0.25) is 0 Å². The molecule has 0 radical (unpaired) electrons. The molecule has 4 N–H and O–H groups in total. The second-order valence-corrected chi connectivity index (χ2v) is 7.58. The third-order valence-corrected chi connectivity index (χ3v) is 6.04. The summed E-state index contributed by atoms with van der Waals surface area (Å²) >= 11 is 1.21. The predicted octanol–water partition coefficient (Wildman–Crippen LogP) is 2.32. The molecule has 3 rings (SSSR count). The van der Waals surface area contributed by atoms with Crippen molar-refractivity contribution in [1.82, 2.24) is 0 Å². The largest absolute Gasteiger partial charge is 0.390 e. The zero-order valence-electron chi connectivity index (χ0n) is 12.4. The van der Waals surface area contributed by atoms with Crippen LogP contribution in [0, 0.1) is 11.3 Å². The highest BCUT2D eigenvalue weighted by Crippen LogP contribution is 2.51. The Bertz CT molecular complexity index is 648. The van der Waals surface area contributed by atoms with Crippen LogP contribution in [-0.4, -0.2) is 18.0 Å². The van der Waals surface area contributed by atoms with E-state index in [1.54, 1.807) is 0 Å². The number of fused-ring (bicyclic) bond motifs is 1. The number of aldehydes is 1. The Balaban J connectivity index is 1.95. The summed E-state index contributed by atoms with van der Waals surface area (Å²) in [7, 11) is 0. The molecule has 1 atom stereocenters. The molecule has 1 aromatic rings. The van der Waals surface area contributed by atoms with Crippen LogP contribution in [0.5, 0.6) is 0 Å². The fourth-order valence-electron chi connectivity index (χ4n) is 3.55. The number of primary amides is 1. The summed E-state index contributed by atoms with van der Waals surface area (Å²) in [4.78, 5) is 36.1. The minimum atomic E-state index is -0.499. The lowest BCUT2D eigenvalue weighted by molar-refractivity contribution is -0.118. The number of ketones is 1. The van der Waals surface area contributed by atoms with E-state index in [-0.39, 0.29) is 18.1 Å². The number of Topliss-reactive ketones (excluding diaryl/α,β-unsaturated/α-hetero) is 1. The maximum atomic E-state index is 13.1. The van der Waals surface area contributed by atoms with E-state index in [0.29, 0.717) is 40.6 Å². The molecule has 5 nitrogen and oxygen atoms in total. The molecule has 6 heteroatoms. The Morgan fingerprint density at radius 1 is 1.41 bits per heavy atom. The second-order valence-electron chi connectivity index (χ2n) is 6.53. The third kappa shape index (κ3) is 2.56. The van der Waals surface area contributed by atoms with Crippen molar-refractivity contribution in [2.45, 2.75) is 44.9 Å². The van der Waals surface area contributed by atoms with Gasteiger partial charge in [-0.3, -0.25) is 14.4 Å². The highest BCUT2D eigenvalue weighted by atomic mass is 32.1. The Labute approximate surface area is 133 Å². The normalized spacial score (nSPS) is 24.1. The van der Waals surface area contributed by atoms with Gasteiger partial charge in [0.25, 0.3) is 0 Å². The van der Waals surface area contributed by atoms with Crippen LogP contribution in [0.4, 0.5) is 5.00 Å². The highest BCUT2D eigenvalue weighted by Gasteiger charge is 2.47. The lowest BCUT2D eigenvalue weighted by atomic mass is 9.67. The first kappa shape index (κ1) is 15.2. The van der Waals surface area contributed by atoms with Crippen LogP contribution in [0.1, 0.15) is 64.1 Å². The lowest BCUT2D eigenvalue weighted by Gasteiger charge is -2.35. The van der Waals surface area contributed by atoms with Crippen molar-refractivity contribution in [2.24, 2.45) is 17.1 Å². The molecule has 0 bridgehead atoms. The average Bonchev–Trinajstić information content (AvgIpc) is 3.22. The number of anilines is 1. The number of nitrogens with two attached hydrogens (primary N) is 2. The molecule has 22 heavy (non-hydrogen) atoms. The molecular weight excluding hydrogens is 300 g/mol. The maximum Gasteiger partial charge on any atom is 0.217 e. The van der Waals surface area contributed by atoms with Gasteiger partial charge < -0.3 is 11.5 Å². The van der Waals surface area contributed by atoms with Crippen molar-refractivity contribution in [1.29, 1.82) is 0 Å². The van der Waals surface area contributed by atoms with Crippen LogP contribution in [0.25, 0.3) is 0 Å². The molecule has 1 fully saturated rings. The Morgan fingerprint density at radius 2 is 2.14 bits per heavy atom. The third-order valence-electron chi connectivity index (χ3n) is 4.96. The van der Waals surface area contributed by atoms with E-state index in [1.807, 2.05) is 0 Å². The minimum absolute atomic E-state index is 0.0618. The number of hydrogen-bond donors (Lipinski definition) is 2. The van der Waals surface area contributed by atoms with Gasteiger partial charge in [0.1, 0.15) is 0 Å². The van der Waals surface area contributed by atoms with Crippen LogP contribution in [-0.2, 0) is 11.2 Å². The molecule has 1 aromatic heterocycles. The molecular formula is C16H20N2O3S. The number of rotatable bonds is 6. The number of carbonyl (C=O) groups is 3. The van der Waals surface area contributed by atoms with Crippen LogP contribution >= 0.6 is 11.3 Å². The fourth-order valence-corrected chi connectivity index (χ4v) is 4.70. The second kappa shape index (κ2) is 5.50. The highest BCUT2D eigenvalue weighted by molar-refractivity contribution is 7.18. The van der Waals surface area contributed by atoms with Gasteiger partial charge in [-0.25, -0.2) is 0 Å². The summed E-state index contributed by atoms with van der Waals surface area (Å²) < 4.78 is 0. The number of nitrogen functional groups attached to an aromatic ring is 1. The summed E-state index contributed by atoms with van der Waals surface area (Å²) in [5, 5.41) is 0.422. The van der Waals surface area contributed by atoms with Gasteiger partial charge in [0, 0.05) is 11.8 Å². The van der Waals surface area contributed by atoms with Crippen molar-refractivity contribution in [2.75, 3.05) is 5.73 Å². The standard InChI is InChI=1S/C16H20N2O3S/c17-12(20)4-6-16(7-9-1-2-9)5-3-10-11(8-19)15(18)22-13(10)14(16)21/h8-9H,1-7,18H2,(H2,17,20). The van der Waals surface area contributed by atoms with E-state index < -0.39 is 5.41 Å². The van der Waals surface area contributed by atoms with Gasteiger partial charge >= 0.3 is 0 Å². The summed E-state index contributed by atoms with van der Waals surface area (Å²) in [6.07, 6.45) is 5.98.